The maximum Gasteiger partial charge on any atom is 0.405 e. The molecule has 0 saturated carbocycles. The van der Waals surface area contributed by atoms with Crippen molar-refractivity contribution in [2.75, 3.05) is 20.1 Å². The van der Waals surface area contributed by atoms with Gasteiger partial charge in [0.2, 0.25) is 5.91 Å². The molecule has 0 aromatic carbocycles. The Morgan fingerprint density at radius 2 is 2.00 bits per heavy atom. The Labute approximate surface area is 74.7 Å². The summed E-state index contributed by atoms with van der Waals surface area (Å²) in [7, 11) is 1.63. The summed E-state index contributed by atoms with van der Waals surface area (Å²) < 4.78 is 34.9. The molecule has 3 nitrogen and oxygen atoms in total. The van der Waals surface area contributed by atoms with Gasteiger partial charge in [0.05, 0.1) is 0 Å². The lowest BCUT2D eigenvalue weighted by atomic mass is 10.1. The number of hydrogen-bond acceptors (Lipinski definition) is 2. The van der Waals surface area contributed by atoms with Crippen LogP contribution < -0.4 is 10.6 Å². The summed E-state index contributed by atoms with van der Waals surface area (Å²) in [6, 6.07) is 0. The number of rotatable bonds is 4. The van der Waals surface area contributed by atoms with Crippen LogP contribution in [0, 0.1) is 5.92 Å². The number of nitrogens with one attached hydrogen (secondary N) is 2. The van der Waals surface area contributed by atoms with Gasteiger partial charge in [-0.25, -0.2) is 0 Å². The second kappa shape index (κ2) is 5.06. The zero-order chi connectivity index (χ0) is 10.5. The molecule has 78 valence electrons. The molecule has 0 aliphatic carbocycles. The summed E-state index contributed by atoms with van der Waals surface area (Å²) in [4.78, 5) is 10.9. The minimum absolute atomic E-state index is 0.365. The summed E-state index contributed by atoms with van der Waals surface area (Å²) in [6.45, 7) is 0.659. The van der Waals surface area contributed by atoms with E-state index in [4.69, 9.17) is 0 Å². The highest BCUT2D eigenvalue weighted by atomic mass is 19.4. The number of amides is 1. The lowest BCUT2D eigenvalue weighted by molar-refractivity contribution is -0.140. The van der Waals surface area contributed by atoms with E-state index in [-0.39, 0.29) is 0 Å². The smallest absolute Gasteiger partial charge is 0.347 e. The first-order chi connectivity index (χ1) is 5.87. The molecule has 1 amide bonds. The number of halogens is 3. The number of alkyl halides is 3. The van der Waals surface area contributed by atoms with Crippen LogP contribution in [0.1, 0.15) is 6.92 Å². The van der Waals surface area contributed by atoms with Gasteiger partial charge in [-0.2, -0.15) is 13.2 Å². The van der Waals surface area contributed by atoms with Crippen LogP contribution in [0.25, 0.3) is 0 Å². The monoisotopic (exact) mass is 198 g/mol. The molecule has 0 fully saturated rings. The molecule has 0 aliphatic rings. The van der Waals surface area contributed by atoms with Gasteiger partial charge in [0.25, 0.3) is 0 Å². The number of hydrogen-bond donors (Lipinski definition) is 2. The van der Waals surface area contributed by atoms with E-state index >= 15 is 0 Å². The molecule has 0 aromatic rings. The molecule has 6 heteroatoms. The first-order valence-electron chi connectivity index (χ1n) is 3.86. The van der Waals surface area contributed by atoms with E-state index in [1.54, 1.807) is 19.3 Å². The first-order valence-corrected chi connectivity index (χ1v) is 3.86. The van der Waals surface area contributed by atoms with Crippen molar-refractivity contribution in [1.29, 1.82) is 0 Å². The molecular formula is C7H13F3N2O. The summed E-state index contributed by atoms with van der Waals surface area (Å²) in [5.74, 6) is -1.04. The highest BCUT2D eigenvalue weighted by molar-refractivity contribution is 5.78. The predicted octanol–water partition coefficient (Wildman–Crippen LogP) is 0.520. The van der Waals surface area contributed by atoms with Gasteiger partial charge < -0.3 is 10.6 Å². The SMILES string of the molecule is CNCC(C)C(=O)NCC(F)(F)F. The second-order valence-electron chi connectivity index (χ2n) is 2.79. The summed E-state index contributed by atoms with van der Waals surface area (Å²) in [5, 5.41) is 4.51. The van der Waals surface area contributed by atoms with Gasteiger partial charge in [-0.1, -0.05) is 6.92 Å². The van der Waals surface area contributed by atoms with Crippen molar-refractivity contribution in [3.63, 3.8) is 0 Å². The third-order valence-electron chi connectivity index (χ3n) is 1.42. The van der Waals surface area contributed by atoms with Crippen molar-refractivity contribution in [3.05, 3.63) is 0 Å². The Hall–Kier alpha value is -0.780. The lowest BCUT2D eigenvalue weighted by Gasteiger charge is -2.12. The third-order valence-corrected chi connectivity index (χ3v) is 1.42. The van der Waals surface area contributed by atoms with Crippen molar-refractivity contribution in [2.45, 2.75) is 13.1 Å². The van der Waals surface area contributed by atoms with Gasteiger partial charge in [0.1, 0.15) is 6.54 Å². The van der Waals surface area contributed by atoms with E-state index in [1.807, 2.05) is 0 Å². The van der Waals surface area contributed by atoms with Gasteiger partial charge in [-0.3, -0.25) is 4.79 Å². The second-order valence-corrected chi connectivity index (χ2v) is 2.79. The fourth-order valence-corrected chi connectivity index (χ4v) is 0.760. The van der Waals surface area contributed by atoms with Gasteiger partial charge >= 0.3 is 6.18 Å². The molecular weight excluding hydrogens is 185 g/mol. The molecule has 0 rings (SSSR count). The standard InChI is InChI=1S/C7H13F3N2O/c1-5(3-11-2)6(13)12-4-7(8,9)10/h5,11H,3-4H2,1-2H3,(H,12,13). The van der Waals surface area contributed by atoms with Gasteiger partial charge in [-0.05, 0) is 7.05 Å². The molecule has 1 atom stereocenters. The molecule has 0 spiro atoms. The Bertz CT molecular complexity index is 170. The van der Waals surface area contributed by atoms with Crippen LogP contribution in [0.2, 0.25) is 0 Å². The highest BCUT2D eigenvalue weighted by Gasteiger charge is 2.28. The molecule has 1 unspecified atom stereocenters. The zero-order valence-electron chi connectivity index (χ0n) is 7.53. The average molecular weight is 198 g/mol. The fourth-order valence-electron chi connectivity index (χ4n) is 0.760. The summed E-state index contributed by atoms with van der Waals surface area (Å²) >= 11 is 0. The molecule has 0 aromatic heterocycles. The Kier molecular flexibility index (Phi) is 4.76. The van der Waals surface area contributed by atoms with E-state index in [0.717, 1.165) is 0 Å². The molecule has 0 aliphatic heterocycles. The Morgan fingerprint density at radius 1 is 1.46 bits per heavy atom. The third kappa shape index (κ3) is 6.39. The predicted molar refractivity (Wildman–Crippen MR) is 42.2 cm³/mol. The van der Waals surface area contributed by atoms with E-state index < -0.39 is 24.5 Å². The largest absolute Gasteiger partial charge is 0.405 e. The first kappa shape index (κ1) is 12.2. The van der Waals surface area contributed by atoms with E-state index in [0.29, 0.717) is 6.54 Å². The van der Waals surface area contributed by atoms with Gasteiger partial charge in [0.15, 0.2) is 0 Å². The van der Waals surface area contributed by atoms with E-state index in [1.165, 1.54) is 0 Å². The molecule has 13 heavy (non-hydrogen) atoms. The van der Waals surface area contributed by atoms with Crippen LogP contribution in [0.4, 0.5) is 13.2 Å². The van der Waals surface area contributed by atoms with E-state index in [2.05, 4.69) is 5.32 Å². The van der Waals surface area contributed by atoms with Crippen LogP contribution in [0.15, 0.2) is 0 Å². The van der Waals surface area contributed by atoms with Crippen LogP contribution in [-0.2, 0) is 4.79 Å². The van der Waals surface area contributed by atoms with Crippen molar-refractivity contribution < 1.29 is 18.0 Å². The Balaban J connectivity index is 3.74. The molecule has 0 bridgehead atoms. The average Bonchev–Trinajstić information content (AvgIpc) is 1.99. The van der Waals surface area contributed by atoms with Crippen LogP contribution >= 0.6 is 0 Å². The van der Waals surface area contributed by atoms with Crippen molar-refractivity contribution in [1.82, 2.24) is 10.6 Å². The fraction of sp³-hybridized carbons (Fsp3) is 0.857. The van der Waals surface area contributed by atoms with Crippen LogP contribution in [0.5, 0.6) is 0 Å². The van der Waals surface area contributed by atoms with Crippen molar-refractivity contribution >= 4 is 5.91 Å². The van der Waals surface area contributed by atoms with Crippen molar-refractivity contribution in [3.8, 4) is 0 Å². The zero-order valence-corrected chi connectivity index (χ0v) is 7.53. The maximum atomic E-state index is 11.6. The number of carbonyl (C=O) groups excluding carboxylic acids is 1. The molecule has 2 N–H and O–H groups in total. The van der Waals surface area contributed by atoms with E-state index in [9.17, 15) is 18.0 Å². The molecule has 0 heterocycles. The quantitative estimate of drug-likeness (QED) is 0.691. The topological polar surface area (TPSA) is 41.1 Å². The normalized spacial score (nSPS) is 13.9. The van der Waals surface area contributed by atoms with Crippen molar-refractivity contribution in [2.24, 2.45) is 5.92 Å². The molecule has 0 saturated heterocycles. The Morgan fingerprint density at radius 3 is 2.38 bits per heavy atom. The lowest BCUT2D eigenvalue weighted by Crippen LogP contribution is -2.39. The summed E-state index contributed by atoms with van der Waals surface area (Å²) in [6.07, 6.45) is -4.34. The maximum absolute atomic E-state index is 11.6. The van der Waals surface area contributed by atoms with Gasteiger partial charge in [0, 0.05) is 12.5 Å². The van der Waals surface area contributed by atoms with Gasteiger partial charge in [-0.15, -0.1) is 0 Å². The summed E-state index contributed by atoms with van der Waals surface area (Å²) in [5.41, 5.74) is 0. The number of carbonyl (C=O) groups is 1. The minimum Gasteiger partial charge on any atom is -0.347 e. The van der Waals surface area contributed by atoms with Crippen LogP contribution in [0.3, 0.4) is 0 Å². The van der Waals surface area contributed by atoms with Crippen LogP contribution in [-0.4, -0.2) is 32.2 Å². The highest BCUT2D eigenvalue weighted by Crippen LogP contribution is 2.12. The minimum atomic E-state index is -4.34. The molecule has 0 radical (unpaired) electrons.